The van der Waals surface area contributed by atoms with E-state index < -0.39 is 42.1 Å². The molecule has 150 valence electrons. The standard InChI is InChI=1S/C22H21NO6/c1-13(2)19(23-20(25)16-9-4-5-10-17(16)21(23)26)22(27)29-12-18(24)14-7-6-8-15(11-14)28-3/h4-11,13,19H,12H2,1-3H3/t19-/m0/s1. The number of rotatable bonds is 7. The Labute approximate surface area is 168 Å². The van der Waals surface area contributed by atoms with Crippen LogP contribution in [0.3, 0.4) is 0 Å². The summed E-state index contributed by atoms with van der Waals surface area (Å²) in [6.45, 7) is 2.91. The molecule has 0 saturated heterocycles. The highest BCUT2D eigenvalue weighted by Crippen LogP contribution is 2.27. The highest BCUT2D eigenvalue weighted by atomic mass is 16.5. The van der Waals surface area contributed by atoms with Crippen molar-refractivity contribution < 1.29 is 28.7 Å². The molecule has 2 amide bonds. The Morgan fingerprint density at radius 1 is 0.966 bits per heavy atom. The van der Waals surface area contributed by atoms with Gasteiger partial charge in [-0.25, -0.2) is 4.79 Å². The third-order valence-corrected chi connectivity index (χ3v) is 4.71. The molecule has 0 N–H and O–H groups in total. The number of ketones is 1. The van der Waals surface area contributed by atoms with E-state index in [1.165, 1.54) is 7.11 Å². The highest BCUT2D eigenvalue weighted by Gasteiger charge is 2.44. The Hall–Kier alpha value is -3.48. The molecule has 2 aromatic rings. The summed E-state index contributed by atoms with van der Waals surface area (Å²) in [4.78, 5) is 51.4. The van der Waals surface area contributed by atoms with Gasteiger partial charge in [0.25, 0.3) is 11.8 Å². The van der Waals surface area contributed by atoms with Gasteiger partial charge in [-0.2, -0.15) is 0 Å². The predicted molar refractivity (Wildman–Crippen MR) is 104 cm³/mol. The number of carbonyl (C=O) groups excluding carboxylic acids is 4. The zero-order valence-electron chi connectivity index (χ0n) is 16.4. The van der Waals surface area contributed by atoms with E-state index in [9.17, 15) is 19.2 Å². The van der Waals surface area contributed by atoms with Gasteiger partial charge < -0.3 is 9.47 Å². The maximum absolute atomic E-state index is 12.7. The number of hydrogen-bond acceptors (Lipinski definition) is 6. The molecule has 0 aromatic heterocycles. The van der Waals surface area contributed by atoms with Gasteiger partial charge in [0.15, 0.2) is 12.4 Å². The normalized spacial score (nSPS) is 14.0. The molecule has 0 aliphatic carbocycles. The number of ether oxygens (including phenoxy) is 2. The molecule has 7 nitrogen and oxygen atoms in total. The van der Waals surface area contributed by atoms with Crippen molar-refractivity contribution in [3.8, 4) is 5.75 Å². The molecule has 1 aliphatic heterocycles. The van der Waals surface area contributed by atoms with Crippen molar-refractivity contribution in [2.75, 3.05) is 13.7 Å². The molecule has 7 heteroatoms. The van der Waals surface area contributed by atoms with Crippen LogP contribution in [0.4, 0.5) is 0 Å². The fourth-order valence-electron chi connectivity index (χ4n) is 3.24. The maximum atomic E-state index is 12.7. The van der Waals surface area contributed by atoms with Crippen LogP contribution in [0.25, 0.3) is 0 Å². The second kappa shape index (κ2) is 8.26. The van der Waals surface area contributed by atoms with Crippen LogP contribution in [0, 0.1) is 5.92 Å². The van der Waals surface area contributed by atoms with E-state index in [1.54, 1.807) is 62.4 Å². The van der Waals surface area contributed by atoms with E-state index >= 15 is 0 Å². The van der Waals surface area contributed by atoms with Crippen molar-refractivity contribution in [2.24, 2.45) is 5.92 Å². The number of nitrogens with zero attached hydrogens (tertiary/aromatic N) is 1. The van der Waals surface area contributed by atoms with E-state index in [0.29, 0.717) is 11.3 Å². The summed E-state index contributed by atoms with van der Waals surface area (Å²) in [5, 5.41) is 0. The number of Topliss-reactive ketones (excluding diaryl/α,β-unsaturated/α-hetero) is 1. The molecule has 3 rings (SSSR count). The van der Waals surface area contributed by atoms with Gasteiger partial charge >= 0.3 is 5.97 Å². The highest BCUT2D eigenvalue weighted by molar-refractivity contribution is 6.22. The fourth-order valence-corrected chi connectivity index (χ4v) is 3.24. The zero-order chi connectivity index (χ0) is 21.1. The van der Waals surface area contributed by atoms with Gasteiger partial charge in [-0.3, -0.25) is 19.3 Å². The van der Waals surface area contributed by atoms with Crippen molar-refractivity contribution in [2.45, 2.75) is 19.9 Å². The number of esters is 1. The van der Waals surface area contributed by atoms with Crippen molar-refractivity contribution >= 4 is 23.6 Å². The van der Waals surface area contributed by atoms with Crippen LogP contribution in [0.15, 0.2) is 48.5 Å². The van der Waals surface area contributed by atoms with Crippen molar-refractivity contribution in [3.05, 3.63) is 65.2 Å². The smallest absolute Gasteiger partial charge is 0.330 e. The lowest BCUT2D eigenvalue weighted by Gasteiger charge is -2.27. The van der Waals surface area contributed by atoms with Crippen LogP contribution in [0.2, 0.25) is 0 Å². The van der Waals surface area contributed by atoms with Gasteiger partial charge in [-0.1, -0.05) is 38.1 Å². The summed E-state index contributed by atoms with van der Waals surface area (Å²) in [5.74, 6) is -2.18. The van der Waals surface area contributed by atoms with Crippen LogP contribution in [0.5, 0.6) is 5.75 Å². The summed E-state index contributed by atoms with van der Waals surface area (Å²) in [6, 6.07) is 11.8. The summed E-state index contributed by atoms with van der Waals surface area (Å²) in [6.07, 6.45) is 0. The fraction of sp³-hybridized carbons (Fsp3) is 0.273. The molecule has 0 radical (unpaired) electrons. The second-order valence-electron chi connectivity index (χ2n) is 6.98. The first kappa shape index (κ1) is 20.3. The van der Waals surface area contributed by atoms with Crippen LogP contribution >= 0.6 is 0 Å². The zero-order valence-corrected chi connectivity index (χ0v) is 16.4. The summed E-state index contributed by atoms with van der Waals surface area (Å²) in [7, 11) is 1.49. The second-order valence-corrected chi connectivity index (χ2v) is 6.98. The van der Waals surface area contributed by atoms with Crippen LogP contribution in [-0.4, -0.2) is 48.2 Å². The van der Waals surface area contributed by atoms with Crippen LogP contribution in [0.1, 0.15) is 44.9 Å². The first-order chi connectivity index (χ1) is 13.8. The van der Waals surface area contributed by atoms with Crippen molar-refractivity contribution in [1.82, 2.24) is 4.90 Å². The van der Waals surface area contributed by atoms with Crippen molar-refractivity contribution in [1.29, 1.82) is 0 Å². The molecule has 0 bridgehead atoms. The van der Waals surface area contributed by atoms with E-state index in [4.69, 9.17) is 9.47 Å². The number of fused-ring (bicyclic) bond motifs is 1. The molecular formula is C22H21NO6. The number of imide groups is 1. The number of amides is 2. The lowest BCUT2D eigenvalue weighted by molar-refractivity contribution is -0.148. The monoisotopic (exact) mass is 395 g/mol. The third kappa shape index (κ3) is 3.89. The quantitative estimate of drug-likeness (QED) is 0.407. The Balaban J connectivity index is 1.75. The molecule has 1 aliphatic rings. The minimum Gasteiger partial charge on any atom is -0.497 e. The third-order valence-electron chi connectivity index (χ3n) is 4.71. The topological polar surface area (TPSA) is 90.0 Å². The molecular weight excluding hydrogens is 374 g/mol. The Bertz CT molecular complexity index is 946. The minimum atomic E-state index is -1.12. The number of benzene rings is 2. The van der Waals surface area contributed by atoms with Crippen molar-refractivity contribution in [3.63, 3.8) is 0 Å². The maximum Gasteiger partial charge on any atom is 0.330 e. The van der Waals surface area contributed by atoms with Gasteiger partial charge in [0.2, 0.25) is 0 Å². The average molecular weight is 395 g/mol. The lowest BCUT2D eigenvalue weighted by atomic mass is 10.0. The van der Waals surface area contributed by atoms with E-state index in [2.05, 4.69) is 0 Å². The van der Waals surface area contributed by atoms with Crippen LogP contribution in [-0.2, 0) is 9.53 Å². The minimum absolute atomic E-state index is 0.253. The average Bonchev–Trinajstić information content (AvgIpc) is 2.97. The molecule has 1 heterocycles. The Morgan fingerprint density at radius 3 is 2.14 bits per heavy atom. The molecule has 2 aromatic carbocycles. The van der Waals surface area contributed by atoms with Gasteiger partial charge in [0, 0.05) is 5.56 Å². The summed E-state index contributed by atoms with van der Waals surface area (Å²) in [5.41, 5.74) is 0.839. The van der Waals surface area contributed by atoms with Gasteiger partial charge in [0.1, 0.15) is 11.8 Å². The SMILES string of the molecule is COc1cccc(C(=O)COC(=O)[C@H](C(C)C)N2C(=O)c3ccccc3C2=O)c1. The number of methoxy groups -OCH3 is 1. The van der Waals surface area contributed by atoms with E-state index in [1.807, 2.05) is 0 Å². The number of carbonyl (C=O) groups is 4. The lowest BCUT2D eigenvalue weighted by Crippen LogP contribution is -2.49. The van der Waals surface area contributed by atoms with Gasteiger partial charge in [-0.15, -0.1) is 0 Å². The van der Waals surface area contributed by atoms with Gasteiger partial charge in [0.05, 0.1) is 18.2 Å². The molecule has 1 atom stereocenters. The van der Waals surface area contributed by atoms with E-state index in [0.717, 1.165) is 4.90 Å². The largest absolute Gasteiger partial charge is 0.497 e. The Kier molecular flexibility index (Phi) is 5.77. The molecule has 29 heavy (non-hydrogen) atoms. The molecule has 0 spiro atoms. The summed E-state index contributed by atoms with van der Waals surface area (Å²) >= 11 is 0. The molecule has 0 saturated carbocycles. The van der Waals surface area contributed by atoms with E-state index in [-0.39, 0.29) is 11.1 Å². The molecule has 0 unspecified atom stereocenters. The number of hydrogen-bond donors (Lipinski definition) is 0. The van der Waals surface area contributed by atoms with Crippen LogP contribution < -0.4 is 4.74 Å². The Morgan fingerprint density at radius 2 is 1.59 bits per heavy atom. The molecule has 0 fully saturated rings. The first-order valence-electron chi connectivity index (χ1n) is 9.16. The predicted octanol–water partition coefficient (Wildman–Crippen LogP) is 2.74. The first-order valence-corrected chi connectivity index (χ1v) is 9.16. The summed E-state index contributed by atoms with van der Waals surface area (Å²) < 4.78 is 10.3. The van der Waals surface area contributed by atoms with Gasteiger partial charge in [-0.05, 0) is 30.2 Å².